The topological polar surface area (TPSA) is 76.3 Å². The van der Waals surface area contributed by atoms with E-state index in [2.05, 4.69) is 4.98 Å². The average molecular weight is 301 g/mol. The van der Waals surface area contributed by atoms with Gasteiger partial charge in [0, 0.05) is 16.8 Å². The second-order valence-electron chi connectivity index (χ2n) is 4.98. The van der Waals surface area contributed by atoms with Crippen LogP contribution < -0.4 is 5.73 Å². The number of aryl methyl sites for hydroxylation is 1. The van der Waals surface area contributed by atoms with Gasteiger partial charge in [-0.2, -0.15) is 0 Å². The normalized spacial score (nSPS) is 15.4. The van der Waals surface area contributed by atoms with Crippen LogP contribution >= 0.6 is 11.3 Å². The first kappa shape index (κ1) is 13.8. The Morgan fingerprint density at radius 1 is 1.29 bits per heavy atom. The Morgan fingerprint density at radius 3 is 2.67 bits per heavy atom. The molecule has 21 heavy (non-hydrogen) atoms. The largest absolute Gasteiger partial charge is 0.399 e. The number of carbonyl (C=O) groups excluding carboxylic acids is 2. The van der Waals surface area contributed by atoms with Crippen LogP contribution in [0.25, 0.3) is 0 Å². The third-order valence-electron chi connectivity index (χ3n) is 3.61. The van der Waals surface area contributed by atoms with Gasteiger partial charge in [-0.05, 0) is 31.5 Å². The van der Waals surface area contributed by atoms with E-state index in [1.807, 2.05) is 13.8 Å². The second-order valence-corrected chi connectivity index (χ2v) is 6.13. The van der Waals surface area contributed by atoms with E-state index >= 15 is 0 Å². The van der Waals surface area contributed by atoms with Crippen molar-refractivity contribution in [2.24, 2.45) is 0 Å². The Hall–Kier alpha value is -2.21. The van der Waals surface area contributed by atoms with Crippen molar-refractivity contribution in [1.29, 1.82) is 0 Å². The number of carbonyl (C=O) groups is 2. The number of anilines is 1. The van der Waals surface area contributed by atoms with Crippen LogP contribution in [-0.4, -0.2) is 21.7 Å². The molecule has 1 atom stereocenters. The zero-order valence-corrected chi connectivity index (χ0v) is 12.6. The number of rotatable bonds is 3. The highest BCUT2D eigenvalue weighted by Gasteiger charge is 2.39. The third-order valence-corrected chi connectivity index (χ3v) is 4.92. The van der Waals surface area contributed by atoms with Crippen LogP contribution in [0.5, 0.6) is 0 Å². The van der Waals surface area contributed by atoms with Crippen LogP contribution in [0.3, 0.4) is 0 Å². The van der Waals surface area contributed by atoms with Crippen molar-refractivity contribution >= 4 is 28.8 Å². The van der Waals surface area contributed by atoms with Crippen LogP contribution in [0.2, 0.25) is 0 Å². The van der Waals surface area contributed by atoms with E-state index in [0.29, 0.717) is 16.8 Å². The number of benzene rings is 1. The Morgan fingerprint density at radius 2 is 2.00 bits per heavy atom. The summed E-state index contributed by atoms with van der Waals surface area (Å²) in [4.78, 5) is 31.7. The second kappa shape index (κ2) is 4.96. The third kappa shape index (κ3) is 2.12. The van der Waals surface area contributed by atoms with Gasteiger partial charge in [-0.25, -0.2) is 4.98 Å². The maximum atomic E-state index is 12.5. The number of nitrogens with two attached hydrogens (primary N) is 1. The molecule has 0 saturated heterocycles. The first-order chi connectivity index (χ1) is 10.0. The number of amides is 2. The van der Waals surface area contributed by atoms with E-state index in [1.165, 1.54) is 16.2 Å². The molecule has 3 rings (SSSR count). The molecule has 2 heterocycles. The standard InChI is InChI=1S/C15H15N3O2S/c1-3-10-7-17-13(21-10)8(2)18-14(19)11-5-4-9(16)6-12(11)15(18)20/h4-8H,3,16H2,1-2H3. The van der Waals surface area contributed by atoms with Gasteiger partial charge in [0.25, 0.3) is 11.8 Å². The molecular weight excluding hydrogens is 286 g/mol. The molecule has 0 bridgehead atoms. The average Bonchev–Trinajstić information content (AvgIpc) is 3.03. The Kier molecular flexibility index (Phi) is 3.25. The fourth-order valence-corrected chi connectivity index (χ4v) is 3.32. The van der Waals surface area contributed by atoms with E-state index in [-0.39, 0.29) is 17.9 Å². The minimum absolute atomic E-state index is 0.282. The summed E-state index contributed by atoms with van der Waals surface area (Å²) in [6.07, 6.45) is 2.69. The molecule has 1 aliphatic heterocycles. The van der Waals surface area contributed by atoms with Crippen LogP contribution in [0.4, 0.5) is 5.69 Å². The SMILES string of the molecule is CCc1cnc(C(C)N2C(=O)c3ccc(N)cc3C2=O)s1. The predicted molar refractivity (Wildman–Crippen MR) is 81.3 cm³/mol. The molecule has 1 unspecified atom stereocenters. The minimum atomic E-state index is -0.371. The summed E-state index contributed by atoms with van der Waals surface area (Å²) < 4.78 is 0. The number of nitrogens with zero attached hydrogens (tertiary/aromatic N) is 2. The molecule has 6 heteroatoms. The Balaban J connectivity index is 1.97. The lowest BCUT2D eigenvalue weighted by molar-refractivity contribution is 0.0595. The number of aromatic nitrogens is 1. The molecule has 2 N–H and O–H groups in total. The highest BCUT2D eigenvalue weighted by molar-refractivity contribution is 7.11. The van der Waals surface area contributed by atoms with Crippen LogP contribution in [0.1, 0.15) is 50.5 Å². The Bertz CT molecular complexity index is 738. The molecule has 0 radical (unpaired) electrons. The molecule has 1 aliphatic rings. The zero-order valence-electron chi connectivity index (χ0n) is 11.8. The lowest BCUT2D eigenvalue weighted by atomic mass is 10.1. The van der Waals surface area contributed by atoms with Gasteiger partial charge in [-0.3, -0.25) is 14.5 Å². The maximum Gasteiger partial charge on any atom is 0.262 e. The van der Waals surface area contributed by atoms with Gasteiger partial charge in [0.1, 0.15) is 5.01 Å². The van der Waals surface area contributed by atoms with Crippen LogP contribution in [-0.2, 0) is 6.42 Å². The number of nitrogen functional groups attached to an aromatic ring is 1. The van der Waals surface area contributed by atoms with Gasteiger partial charge >= 0.3 is 0 Å². The Labute approximate surface area is 126 Å². The molecule has 2 amide bonds. The lowest BCUT2D eigenvalue weighted by Gasteiger charge is -2.20. The van der Waals surface area contributed by atoms with Gasteiger partial charge in [0.2, 0.25) is 0 Å². The quantitative estimate of drug-likeness (QED) is 0.698. The van der Waals surface area contributed by atoms with Crippen molar-refractivity contribution in [2.75, 3.05) is 5.73 Å². The monoisotopic (exact) mass is 301 g/mol. The van der Waals surface area contributed by atoms with Gasteiger partial charge in [0.05, 0.1) is 17.2 Å². The number of hydrogen-bond acceptors (Lipinski definition) is 5. The van der Waals surface area contributed by atoms with Crippen molar-refractivity contribution in [3.8, 4) is 0 Å². The molecule has 108 valence electrons. The summed E-state index contributed by atoms with van der Waals surface area (Å²) in [5.41, 5.74) is 6.96. The number of fused-ring (bicyclic) bond motifs is 1. The smallest absolute Gasteiger partial charge is 0.262 e. The summed E-state index contributed by atoms with van der Waals surface area (Å²) in [7, 11) is 0. The van der Waals surface area contributed by atoms with E-state index < -0.39 is 0 Å². The van der Waals surface area contributed by atoms with Crippen LogP contribution in [0, 0.1) is 0 Å². The summed E-state index contributed by atoms with van der Waals surface area (Å²) in [5.74, 6) is -0.584. The summed E-state index contributed by atoms with van der Waals surface area (Å²) in [6.45, 7) is 3.87. The zero-order chi connectivity index (χ0) is 15.1. The molecule has 2 aromatic rings. The molecule has 0 saturated carbocycles. The fraction of sp³-hybridized carbons (Fsp3) is 0.267. The first-order valence-electron chi connectivity index (χ1n) is 6.75. The fourth-order valence-electron chi connectivity index (χ4n) is 2.42. The summed E-state index contributed by atoms with van der Waals surface area (Å²) in [5, 5.41) is 0.773. The molecule has 0 fully saturated rings. The molecule has 1 aromatic heterocycles. The van der Waals surface area contributed by atoms with E-state index in [9.17, 15) is 9.59 Å². The van der Waals surface area contributed by atoms with E-state index in [1.54, 1.807) is 24.4 Å². The predicted octanol–water partition coefficient (Wildman–Crippen LogP) is 2.64. The lowest BCUT2D eigenvalue weighted by Crippen LogP contribution is -2.32. The highest BCUT2D eigenvalue weighted by Crippen LogP contribution is 2.33. The van der Waals surface area contributed by atoms with E-state index in [4.69, 9.17) is 5.73 Å². The summed E-state index contributed by atoms with van der Waals surface area (Å²) >= 11 is 1.53. The maximum absolute atomic E-state index is 12.5. The minimum Gasteiger partial charge on any atom is -0.399 e. The van der Waals surface area contributed by atoms with Crippen LogP contribution in [0.15, 0.2) is 24.4 Å². The number of hydrogen-bond donors (Lipinski definition) is 1. The molecule has 1 aromatic carbocycles. The first-order valence-corrected chi connectivity index (χ1v) is 7.56. The van der Waals surface area contributed by atoms with Gasteiger partial charge < -0.3 is 5.73 Å². The van der Waals surface area contributed by atoms with Gasteiger partial charge in [0.15, 0.2) is 0 Å². The molecule has 5 nitrogen and oxygen atoms in total. The molecular formula is C15H15N3O2S. The van der Waals surface area contributed by atoms with Crippen molar-refractivity contribution in [3.05, 3.63) is 45.4 Å². The van der Waals surface area contributed by atoms with Gasteiger partial charge in [-0.1, -0.05) is 6.92 Å². The van der Waals surface area contributed by atoms with Gasteiger partial charge in [-0.15, -0.1) is 11.3 Å². The van der Waals surface area contributed by atoms with Crippen molar-refractivity contribution in [2.45, 2.75) is 26.3 Å². The molecule has 0 aliphatic carbocycles. The van der Waals surface area contributed by atoms with Crippen molar-refractivity contribution in [3.63, 3.8) is 0 Å². The number of thiazole rings is 1. The van der Waals surface area contributed by atoms with E-state index in [0.717, 1.165) is 16.3 Å². The van der Waals surface area contributed by atoms with Crippen molar-refractivity contribution in [1.82, 2.24) is 9.88 Å². The number of imide groups is 1. The van der Waals surface area contributed by atoms with Crippen molar-refractivity contribution < 1.29 is 9.59 Å². The molecule has 0 spiro atoms. The highest BCUT2D eigenvalue weighted by atomic mass is 32.1. The summed E-state index contributed by atoms with van der Waals surface area (Å²) in [6, 6.07) is 4.43.